The maximum absolute atomic E-state index is 12.7. The molecule has 1 aromatic carbocycles. The molecule has 2 aliphatic rings. The second kappa shape index (κ2) is 9.63. The van der Waals surface area contributed by atoms with E-state index in [1.165, 1.54) is 0 Å². The van der Waals surface area contributed by atoms with Crippen LogP contribution in [0.15, 0.2) is 36.8 Å². The topological polar surface area (TPSA) is 96.1 Å². The molecule has 9 heteroatoms. The van der Waals surface area contributed by atoms with Crippen molar-refractivity contribution in [2.45, 2.75) is 51.7 Å². The van der Waals surface area contributed by atoms with E-state index in [9.17, 15) is 4.79 Å². The molecular weight excluding hydrogens is 468 g/mol. The van der Waals surface area contributed by atoms with Crippen molar-refractivity contribution in [2.75, 3.05) is 19.0 Å². The Morgan fingerprint density at radius 1 is 1.16 bits per heavy atom. The monoisotopic (exact) mass is 500 g/mol. The quantitative estimate of drug-likeness (QED) is 0.359. The number of imidazole rings is 2. The first kappa shape index (κ1) is 23.7. The number of hydrogen-bond donors (Lipinski definition) is 1. The van der Waals surface area contributed by atoms with Gasteiger partial charge in [-0.05, 0) is 57.2 Å². The zero-order valence-corrected chi connectivity index (χ0v) is 21.5. The summed E-state index contributed by atoms with van der Waals surface area (Å²) in [6, 6.07) is 7.98. The normalized spacial score (nSPS) is 17.8. The van der Waals surface area contributed by atoms with Crippen LogP contribution in [0, 0.1) is 12.8 Å². The molecule has 4 heterocycles. The predicted octanol–water partition coefficient (Wildman–Crippen LogP) is 5.11. The number of hydrogen-bond acceptors (Lipinski definition) is 7. The Hall–Kier alpha value is -3.72. The fourth-order valence-corrected chi connectivity index (χ4v) is 5.14. The molecule has 4 aromatic rings. The van der Waals surface area contributed by atoms with Gasteiger partial charge in [0.25, 0.3) is 0 Å². The molecule has 1 saturated carbocycles. The van der Waals surface area contributed by atoms with Crippen LogP contribution in [0.5, 0.6) is 5.75 Å². The smallest absolute Gasteiger partial charge is 0.164 e. The van der Waals surface area contributed by atoms with Gasteiger partial charge in [0, 0.05) is 31.6 Å². The maximum Gasteiger partial charge on any atom is 0.164 e. The molecule has 37 heavy (non-hydrogen) atoms. The van der Waals surface area contributed by atoms with Crippen LogP contribution in [0.2, 0.25) is 0 Å². The van der Waals surface area contributed by atoms with E-state index in [-0.39, 0.29) is 17.9 Å². The Morgan fingerprint density at radius 2 is 2.03 bits per heavy atom. The lowest BCUT2D eigenvalue weighted by Crippen LogP contribution is -2.19. The molecule has 192 valence electrons. The molecule has 2 fully saturated rings. The minimum atomic E-state index is -0.0961. The summed E-state index contributed by atoms with van der Waals surface area (Å²) in [5, 5.41) is 3.54. The van der Waals surface area contributed by atoms with Crippen LogP contribution < -0.4 is 10.1 Å². The predicted molar refractivity (Wildman–Crippen MR) is 141 cm³/mol. The van der Waals surface area contributed by atoms with Crippen LogP contribution in [0.1, 0.15) is 49.9 Å². The van der Waals surface area contributed by atoms with Gasteiger partial charge >= 0.3 is 0 Å². The second-order valence-electron chi connectivity index (χ2n) is 10.0. The second-order valence-corrected chi connectivity index (χ2v) is 10.0. The van der Waals surface area contributed by atoms with Crippen LogP contribution in [0.3, 0.4) is 0 Å². The number of fused-ring (bicyclic) bond motifs is 1. The largest absolute Gasteiger partial charge is 0.495 e. The summed E-state index contributed by atoms with van der Waals surface area (Å²) in [5.74, 6) is 1.99. The lowest BCUT2D eigenvalue weighted by molar-refractivity contribution is -0.119. The number of aryl methyl sites for hydroxylation is 2. The highest BCUT2D eigenvalue weighted by atomic mass is 16.5. The number of anilines is 2. The Labute approximate surface area is 215 Å². The lowest BCUT2D eigenvalue weighted by Gasteiger charge is -2.25. The number of pyridine rings is 1. The minimum Gasteiger partial charge on any atom is -0.495 e. The van der Waals surface area contributed by atoms with Gasteiger partial charge in [-0.2, -0.15) is 0 Å². The zero-order chi connectivity index (χ0) is 25.5. The number of ketones is 1. The van der Waals surface area contributed by atoms with E-state index in [1.54, 1.807) is 13.4 Å². The van der Waals surface area contributed by atoms with Gasteiger partial charge in [-0.3, -0.25) is 9.36 Å². The zero-order valence-electron chi connectivity index (χ0n) is 21.5. The number of nitrogens with zero attached hydrogens (tertiary/aromatic N) is 5. The fraction of sp³-hybridized carbons (Fsp3) is 0.429. The molecule has 3 aromatic heterocycles. The van der Waals surface area contributed by atoms with Gasteiger partial charge < -0.3 is 19.4 Å². The van der Waals surface area contributed by atoms with Crippen molar-refractivity contribution in [3.05, 3.63) is 48.3 Å². The molecule has 1 unspecified atom stereocenters. The number of nitrogens with one attached hydrogen (secondary N) is 1. The highest BCUT2D eigenvalue weighted by Gasteiger charge is 2.30. The maximum atomic E-state index is 12.7. The summed E-state index contributed by atoms with van der Waals surface area (Å²) in [6.07, 6.45) is 8.90. The first-order chi connectivity index (χ1) is 18.0. The number of Topliss-reactive ketones (excluding diaryl/α,β-unsaturated/α-hetero) is 1. The van der Waals surface area contributed by atoms with Gasteiger partial charge in [-0.1, -0.05) is 6.07 Å². The average Bonchev–Trinajstić information content (AvgIpc) is 3.59. The van der Waals surface area contributed by atoms with Gasteiger partial charge in [0.2, 0.25) is 0 Å². The third-order valence-electron chi connectivity index (χ3n) is 7.29. The number of carbonyl (C=O) groups excluding carboxylic acids is 1. The first-order valence-electron chi connectivity index (χ1n) is 13.0. The van der Waals surface area contributed by atoms with Crippen molar-refractivity contribution in [1.29, 1.82) is 0 Å². The number of aromatic nitrogens is 5. The fourth-order valence-electron chi connectivity index (χ4n) is 5.14. The van der Waals surface area contributed by atoms with Crippen molar-refractivity contribution in [2.24, 2.45) is 13.0 Å². The molecule has 1 atom stereocenters. The van der Waals surface area contributed by atoms with Crippen molar-refractivity contribution >= 4 is 28.3 Å². The summed E-state index contributed by atoms with van der Waals surface area (Å²) >= 11 is 0. The van der Waals surface area contributed by atoms with E-state index in [2.05, 4.69) is 14.9 Å². The van der Waals surface area contributed by atoms with Gasteiger partial charge in [0.1, 0.15) is 29.1 Å². The number of benzene rings is 1. The van der Waals surface area contributed by atoms with Gasteiger partial charge in [0.05, 0.1) is 42.4 Å². The van der Waals surface area contributed by atoms with Crippen LogP contribution in [0.4, 0.5) is 11.4 Å². The van der Waals surface area contributed by atoms with Gasteiger partial charge in [-0.15, -0.1) is 0 Å². The van der Waals surface area contributed by atoms with E-state index >= 15 is 0 Å². The Balaban J connectivity index is 1.42. The van der Waals surface area contributed by atoms with E-state index in [0.717, 1.165) is 84.0 Å². The summed E-state index contributed by atoms with van der Waals surface area (Å²) in [5.41, 5.74) is 5.86. The standard InChI is InChI=1S/C28H32N6O3/c1-17-30-27-22(32-21-10-9-19(12-25(21)36-3)23-15-29-16-33(23)2)13-20(14-24(35)18-7-8-18)31-28(27)34(17)26-6-4-5-11-37-26/h9-10,12-13,15-16,18,26H,4-8,11,14H2,1-3H3,(H,31,32). The summed E-state index contributed by atoms with van der Waals surface area (Å²) in [4.78, 5) is 26.8. The molecule has 0 spiro atoms. The molecule has 1 N–H and O–H groups in total. The van der Waals surface area contributed by atoms with Crippen LogP contribution >= 0.6 is 0 Å². The summed E-state index contributed by atoms with van der Waals surface area (Å²) in [6.45, 7) is 2.72. The minimum absolute atomic E-state index is 0.0961. The Morgan fingerprint density at radius 3 is 2.73 bits per heavy atom. The molecule has 1 saturated heterocycles. The van der Waals surface area contributed by atoms with Crippen LogP contribution in [0.25, 0.3) is 22.4 Å². The van der Waals surface area contributed by atoms with Crippen molar-refractivity contribution in [3.8, 4) is 17.0 Å². The summed E-state index contributed by atoms with van der Waals surface area (Å²) in [7, 11) is 3.63. The molecule has 1 aliphatic carbocycles. The molecule has 0 bridgehead atoms. The van der Waals surface area contributed by atoms with Crippen molar-refractivity contribution in [3.63, 3.8) is 0 Å². The average molecular weight is 501 g/mol. The summed E-state index contributed by atoms with van der Waals surface area (Å²) < 4.78 is 15.9. The molecule has 6 rings (SSSR count). The highest BCUT2D eigenvalue weighted by molar-refractivity contribution is 5.91. The molecule has 1 aliphatic heterocycles. The van der Waals surface area contributed by atoms with E-state index in [0.29, 0.717) is 12.2 Å². The molecule has 0 radical (unpaired) electrons. The SMILES string of the molecule is COc1cc(-c2cncn2C)ccc1Nc1cc(CC(=O)C2CC2)nc2c1nc(C)n2C1CCCCO1. The van der Waals surface area contributed by atoms with Gasteiger partial charge in [-0.25, -0.2) is 15.0 Å². The van der Waals surface area contributed by atoms with E-state index < -0.39 is 0 Å². The van der Waals surface area contributed by atoms with Crippen LogP contribution in [-0.2, 0) is 23.0 Å². The molecule has 9 nitrogen and oxygen atoms in total. The van der Waals surface area contributed by atoms with E-state index in [1.807, 2.05) is 49.0 Å². The number of carbonyl (C=O) groups is 1. The van der Waals surface area contributed by atoms with Crippen LogP contribution in [-0.4, -0.2) is 43.6 Å². The van der Waals surface area contributed by atoms with Crippen molar-refractivity contribution in [1.82, 2.24) is 24.1 Å². The third-order valence-corrected chi connectivity index (χ3v) is 7.29. The number of ether oxygens (including phenoxy) is 2. The van der Waals surface area contributed by atoms with Crippen molar-refractivity contribution < 1.29 is 14.3 Å². The number of rotatable bonds is 8. The Bertz CT molecular complexity index is 1460. The lowest BCUT2D eigenvalue weighted by atomic mass is 10.1. The molecular formula is C28H32N6O3. The van der Waals surface area contributed by atoms with E-state index in [4.69, 9.17) is 19.4 Å². The molecule has 0 amide bonds. The number of methoxy groups -OCH3 is 1. The highest BCUT2D eigenvalue weighted by Crippen LogP contribution is 2.37. The Kier molecular flexibility index (Phi) is 6.16. The van der Waals surface area contributed by atoms with Gasteiger partial charge in [0.15, 0.2) is 5.65 Å². The first-order valence-corrected chi connectivity index (χ1v) is 13.0. The third kappa shape index (κ3) is 4.59.